The van der Waals surface area contributed by atoms with Crippen LogP contribution in [0.1, 0.15) is 46.5 Å². The number of nitrogens with zero attached hydrogens (tertiary/aromatic N) is 2. The maximum atomic E-state index is 11.8. The highest BCUT2D eigenvalue weighted by atomic mass is 16.1. The highest BCUT2D eigenvalue weighted by Crippen LogP contribution is 2.03. The molecular formula is C14H27N3O. The fourth-order valence-electron chi connectivity index (χ4n) is 2.17. The van der Waals surface area contributed by atoms with Crippen LogP contribution in [-0.2, 0) is 13.1 Å². The second kappa shape index (κ2) is 8.14. The number of imidazole rings is 1. The van der Waals surface area contributed by atoms with Crippen molar-refractivity contribution in [3.8, 4) is 0 Å². The highest BCUT2D eigenvalue weighted by molar-refractivity contribution is 4.81. The van der Waals surface area contributed by atoms with Gasteiger partial charge in [0.15, 0.2) is 0 Å². The zero-order valence-electron chi connectivity index (χ0n) is 12.0. The van der Waals surface area contributed by atoms with Crippen LogP contribution in [-0.4, -0.2) is 21.7 Å². The molecule has 4 heteroatoms. The fourth-order valence-corrected chi connectivity index (χ4v) is 2.17. The van der Waals surface area contributed by atoms with Crippen molar-refractivity contribution < 1.29 is 0 Å². The Morgan fingerprint density at radius 1 is 1.22 bits per heavy atom. The first-order chi connectivity index (χ1) is 8.72. The first kappa shape index (κ1) is 15.0. The van der Waals surface area contributed by atoms with Gasteiger partial charge in [-0.15, -0.1) is 0 Å². The molecule has 0 saturated heterocycles. The third kappa shape index (κ3) is 4.33. The molecule has 1 aromatic heterocycles. The number of nitrogens with one attached hydrogen (secondary N) is 1. The molecule has 1 atom stereocenters. The van der Waals surface area contributed by atoms with E-state index in [2.05, 4.69) is 19.2 Å². The maximum Gasteiger partial charge on any atom is 0.328 e. The van der Waals surface area contributed by atoms with Crippen LogP contribution in [0.3, 0.4) is 0 Å². The molecule has 0 aromatic carbocycles. The van der Waals surface area contributed by atoms with Gasteiger partial charge < -0.3 is 5.32 Å². The largest absolute Gasteiger partial charge is 0.328 e. The Balaban J connectivity index is 2.35. The van der Waals surface area contributed by atoms with Crippen LogP contribution in [0.15, 0.2) is 17.2 Å². The van der Waals surface area contributed by atoms with Gasteiger partial charge in [0.05, 0.1) is 0 Å². The van der Waals surface area contributed by atoms with Crippen molar-refractivity contribution in [1.82, 2.24) is 14.5 Å². The van der Waals surface area contributed by atoms with Crippen LogP contribution in [0.4, 0.5) is 0 Å². The molecule has 0 saturated carbocycles. The minimum absolute atomic E-state index is 0.118. The third-order valence-corrected chi connectivity index (χ3v) is 3.39. The van der Waals surface area contributed by atoms with Gasteiger partial charge in [0.2, 0.25) is 0 Å². The number of rotatable bonds is 9. The average molecular weight is 253 g/mol. The van der Waals surface area contributed by atoms with Crippen LogP contribution in [0.2, 0.25) is 0 Å². The van der Waals surface area contributed by atoms with E-state index >= 15 is 0 Å². The van der Waals surface area contributed by atoms with Crippen LogP contribution >= 0.6 is 0 Å². The van der Waals surface area contributed by atoms with E-state index < -0.39 is 0 Å². The predicted octanol–water partition coefficient (Wildman–Crippen LogP) is 2.23. The summed E-state index contributed by atoms with van der Waals surface area (Å²) in [5, 5.41) is 3.54. The molecule has 18 heavy (non-hydrogen) atoms. The molecule has 0 aliphatic carbocycles. The van der Waals surface area contributed by atoms with Crippen molar-refractivity contribution in [1.29, 1.82) is 0 Å². The van der Waals surface area contributed by atoms with E-state index in [0.717, 1.165) is 38.9 Å². The lowest BCUT2D eigenvalue weighted by Gasteiger charge is -2.16. The zero-order valence-corrected chi connectivity index (χ0v) is 12.0. The highest BCUT2D eigenvalue weighted by Gasteiger charge is 2.06. The van der Waals surface area contributed by atoms with Crippen molar-refractivity contribution in [3.63, 3.8) is 0 Å². The second-order valence-electron chi connectivity index (χ2n) is 4.76. The molecule has 0 spiro atoms. The molecule has 0 radical (unpaired) electrons. The van der Waals surface area contributed by atoms with Gasteiger partial charge in [0.25, 0.3) is 0 Å². The van der Waals surface area contributed by atoms with E-state index in [1.165, 1.54) is 6.42 Å². The summed E-state index contributed by atoms with van der Waals surface area (Å²) < 4.78 is 3.56. The summed E-state index contributed by atoms with van der Waals surface area (Å²) in [6, 6.07) is 0.592. The van der Waals surface area contributed by atoms with Gasteiger partial charge in [0, 0.05) is 31.5 Å². The van der Waals surface area contributed by atoms with Crippen molar-refractivity contribution >= 4 is 0 Å². The lowest BCUT2D eigenvalue weighted by Crippen LogP contribution is -2.30. The van der Waals surface area contributed by atoms with Gasteiger partial charge >= 0.3 is 5.69 Å². The summed E-state index contributed by atoms with van der Waals surface area (Å²) in [5.74, 6) is 0. The molecule has 1 heterocycles. The molecule has 1 rings (SSSR count). The Kier molecular flexibility index (Phi) is 6.80. The number of hydrogen-bond acceptors (Lipinski definition) is 2. The molecule has 1 aromatic rings. The zero-order chi connectivity index (χ0) is 13.4. The van der Waals surface area contributed by atoms with Crippen LogP contribution in [0.5, 0.6) is 0 Å². The molecule has 0 aliphatic rings. The molecule has 0 fully saturated rings. The standard InChI is InChI=1S/C14H27N3O/c1-4-9-15-13(5-2)8-7-10-17-12-11-16(6-3)14(17)18/h11-13,15H,4-10H2,1-3H3. The normalized spacial score (nSPS) is 12.8. The van der Waals surface area contributed by atoms with Crippen LogP contribution in [0.25, 0.3) is 0 Å². The van der Waals surface area contributed by atoms with Gasteiger partial charge in [0.1, 0.15) is 0 Å². The van der Waals surface area contributed by atoms with Gasteiger partial charge in [-0.25, -0.2) is 4.79 Å². The fraction of sp³-hybridized carbons (Fsp3) is 0.786. The monoisotopic (exact) mass is 253 g/mol. The third-order valence-electron chi connectivity index (χ3n) is 3.39. The average Bonchev–Trinajstić information content (AvgIpc) is 2.74. The van der Waals surface area contributed by atoms with Gasteiger partial charge in [-0.05, 0) is 39.2 Å². The lowest BCUT2D eigenvalue weighted by atomic mass is 10.1. The molecule has 0 bridgehead atoms. The summed E-state index contributed by atoms with van der Waals surface area (Å²) in [4.78, 5) is 11.8. The van der Waals surface area contributed by atoms with E-state index in [0.29, 0.717) is 6.04 Å². The van der Waals surface area contributed by atoms with Crippen molar-refractivity contribution in [2.45, 2.75) is 65.6 Å². The molecule has 1 unspecified atom stereocenters. The summed E-state index contributed by atoms with van der Waals surface area (Å²) in [7, 11) is 0. The van der Waals surface area contributed by atoms with Gasteiger partial charge in [-0.2, -0.15) is 0 Å². The van der Waals surface area contributed by atoms with E-state index in [1.807, 2.05) is 23.9 Å². The molecule has 0 aliphatic heterocycles. The summed E-state index contributed by atoms with van der Waals surface area (Å²) >= 11 is 0. The Hall–Kier alpha value is -1.03. The van der Waals surface area contributed by atoms with Crippen molar-refractivity contribution in [3.05, 3.63) is 22.9 Å². The number of hydrogen-bond donors (Lipinski definition) is 1. The SMILES string of the molecule is CCCNC(CC)CCCn1ccn(CC)c1=O. The smallest absolute Gasteiger partial charge is 0.314 e. The molecular weight excluding hydrogens is 226 g/mol. The van der Waals surface area contributed by atoms with E-state index in [9.17, 15) is 4.79 Å². The summed E-state index contributed by atoms with van der Waals surface area (Å²) in [6.07, 6.45) is 8.30. The Labute approximate surface area is 110 Å². The van der Waals surface area contributed by atoms with Gasteiger partial charge in [-0.3, -0.25) is 9.13 Å². The van der Waals surface area contributed by atoms with E-state index in [-0.39, 0.29) is 5.69 Å². The first-order valence-corrected chi connectivity index (χ1v) is 7.21. The van der Waals surface area contributed by atoms with E-state index in [4.69, 9.17) is 0 Å². The Morgan fingerprint density at radius 2 is 1.94 bits per heavy atom. The maximum absolute atomic E-state index is 11.8. The van der Waals surface area contributed by atoms with Crippen molar-refractivity contribution in [2.24, 2.45) is 0 Å². The molecule has 104 valence electrons. The quantitative estimate of drug-likeness (QED) is 0.733. The summed E-state index contributed by atoms with van der Waals surface area (Å²) in [6.45, 7) is 9.07. The molecule has 4 nitrogen and oxygen atoms in total. The Morgan fingerprint density at radius 3 is 2.50 bits per heavy atom. The van der Waals surface area contributed by atoms with E-state index in [1.54, 1.807) is 4.57 Å². The predicted molar refractivity (Wildman–Crippen MR) is 76.0 cm³/mol. The van der Waals surface area contributed by atoms with Crippen LogP contribution < -0.4 is 11.0 Å². The minimum atomic E-state index is 0.118. The molecule has 1 N–H and O–H groups in total. The first-order valence-electron chi connectivity index (χ1n) is 7.21. The summed E-state index contributed by atoms with van der Waals surface area (Å²) in [5.41, 5.74) is 0.118. The second-order valence-corrected chi connectivity index (χ2v) is 4.76. The van der Waals surface area contributed by atoms with Crippen LogP contribution in [0, 0.1) is 0 Å². The number of aromatic nitrogens is 2. The number of aryl methyl sites for hydroxylation is 2. The topological polar surface area (TPSA) is 39.0 Å². The van der Waals surface area contributed by atoms with Crippen molar-refractivity contribution in [2.75, 3.05) is 6.54 Å². The Bertz CT molecular complexity index is 381. The van der Waals surface area contributed by atoms with Gasteiger partial charge in [-0.1, -0.05) is 13.8 Å². The lowest BCUT2D eigenvalue weighted by molar-refractivity contribution is 0.436. The molecule has 0 amide bonds. The minimum Gasteiger partial charge on any atom is -0.314 e.